The van der Waals surface area contributed by atoms with Gasteiger partial charge in [0.15, 0.2) is 0 Å². The predicted molar refractivity (Wildman–Crippen MR) is 163 cm³/mol. The van der Waals surface area contributed by atoms with Gasteiger partial charge in [-0.2, -0.15) is 0 Å². The quantitative estimate of drug-likeness (QED) is 0.239. The molecule has 6 nitrogen and oxygen atoms in total. The van der Waals surface area contributed by atoms with E-state index in [2.05, 4.69) is 65.4 Å². The number of H-pyrrole nitrogens is 2. The van der Waals surface area contributed by atoms with Crippen LogP contribution in [0.5, 0.6) is 11.5 Å². The van der Waals surface area contributed by atoms with Crippen molar-refractivity contribution in [1.82, 2.24) is 9.97 Å². The van der Waals surface area contributed by atoms with Crippen LogP contribution >= 0.6 is 0 Å². The number of aliphatic imine (C=N–C) groups is 2. The molecule has 0 amide bonds. The van der Waals surface area contributed by atoms with E-state index in [-0.39, 0.29) is 5.92 Å². The van der Waals surface area contributed by atoms with Crippen LogP contribution in [0.15, 0.2) is 70.6 Å². The summed E-state index contributed by atoms with van der Waals surface area (Å²) in [5, 5.41) is 2.58. The van der Waals surface area contributed by atoms with Gasteiger partial charge in [0.1, 0.15) is 11.5 Å². The van der Waals surface area contributed by atoms with Crippen molar-refractivity contribution in [2.75, 3.05) is 27.3 Å². The summed E-state index contributed by atoms with van der Waals surface area (Å²) in [6, 6.07) is 21.5. The van der Waals surface area contributed by atoms with Crippen LogP contribution in [0.3, 0.4) is 0 Å². The molecule has 0 aliphatic carbocycles. The lowest BCUT2D eigenvalue weighted by Crippen LogP contribution is -2.20. The average molecular weight is 531 g/mol. The molecule has 0 bridgehead atoms. The van der Waals surface area contributed by atoms with E-state index in [0.29, 0.717) is 0 Å². The number of hydrogen-bond acceptors (Lipinski definition) is 4. The molecule has 1 unspecified atom stereocenters. The Bertz CT molecular complexity index is 1810. The molecule has 40 heavy (non-hydrogen) atoms. The molecule has 0 saturated heterocycles. The molecule has 4 heterocycles. The number of fused-ring (bicyclic) bond motifs is 6. The van der Waals surface area contributed by atoms with Crippen LogP contribution in [0.2, 0.25) is 0 Å². The lowest BCUT2D eigenvalue weighted by Gasteiger charge is -2.23. The highest BCUT2D eigenvalue weighted by Gasteiger charge is 2.27. The summed E-state index contributed by atoms with van der Waals surface area (Å²) in [4.78, 5) is 17.6. The van der Waals surface area contributed by atoms with Gasteiger partial charge in [0.25, 0.3) is 0 Å². The summed E-state index contributed by atoms with van der Waals surface area (Å²) in [7, 11) is 3.44. The number of aryl methyl sites for hydroxylation is 1. The molecular weight excluding hydrogens is 496 g/mol. The first kappa shape index (κ1) is 24.7. The summed E-state index contributed by atoms with van der Waals surface area (Å²) in [6.07, 6.45) is 3.56. The van der Waals surface area contributed by atoms with Gasteiger partial charge in [0.2, 0.25) is 0 Å². The van der Waals surface area contributed by atoms with Crippen LogP contribution in [0.25, 0.3) is 21.8 Å². The maximum Gasteiger partial charge on any atom is 0.120 e. The molecule has 2 aliphatic heterocycles. The molecular formula is C34H34N4O2. The van der Waals surface area contributed by atoms with E-state index in [4.69, 9.17) is 19.5 Å². The summed E-state index contributed by atoms with van der Waals surface area (Å²) in [6.45, 7) is 3.77. The van der Waals surface area contributed by atoms with Crippen LogP contribution in [-0.2, 0) is 12.8 Å². The number of nitrogens with one attached hydrogen (secondary N) is 2. The second-order valence-corrected chi connectivity index (χ2v) is 11.0. The third-order valence-corrected chi connectivity index (χ3v) is 8.53. The van der Waals surface area contributed by atoms with Gasteiger partial charge in [-0.1, -0.05) is 24.3 Å². The molecule has 7 rings (SSSR count). The first-order valence-electron chi connectivity index (χ1n) is 14.1. The van der Waals surface area contributed by atoms with Crippen molar-refractivity contribution in [2.24, 2.45) is 9.98 Å². The molecule has 1 atom stereocenters. The molecule has 5 aromatic rings. The zero-order chi connectivity index (χ0) is 27.2. The van der Waals surface area contributed by atoms with Gasteiger partial charge < -0.3 is 19.4 Å². The zero-order valence-electron chi connectivity index (χ0n) is 23.3. The molecule has 2 aromatic heterocycles. The third-order valence-electron chi connectivity index (χ3n) is 8.53. The third kappa shape index (κ3) is 4.28. The van der Waals surface area contributed by atoms with E-state index in [9.17, 15) is 0 Å². The standard InChI is InChI=1S/C34H34N4O2/c1-20-7-9-25-27-11-13-35-31(33(27)37-29(25)15-20)17-22(21-5-4-6-23(16-21)39-2)18-32-34-28(12-14-36-32)26-10-8-24(40-3)19-30(26)38-34/h4-10,15-16,19,22,37-38H,11-14,17-18H2,1-3H3. The molecule has 0 radical (unpaired) electrons. The highest BCUT2D eigenvalue weighted by molar-refractivity contribution is 6.09. The Morgan fingerprint density at radius 2 is 1.32 bits per heavy atom. The number of hydrogen-bond donors (Lipinski definition) is 2. The molecule has 202 valence electrons. The van der Waals surface area contributed by atoms with E-state index >= 15 is 0 Å². The molecule has 3 aromatic carbocycles. The van der Waals surface area contributed by atoms with Crippen molar-refractivity contribution in [1.29, 1.82) is 0 Å². The first-order valence-corrected chi connectivity index (χ1v) is 14.1. The van der Waals surface area contributed by atoms with Gasteiger partial charge in [-0.05, 0) is 91.1 Å². The van der Waals surface area contributed by atoms with Crippen LogP contribution in [0.4, 0.5) is 0 Å². The Morgan fingerprint density at radius 1 is 0.725 bits per heavy atom. The number of rotatable bonds is 7. The first-order chi connectivity index (χ1) is 19.6. The lowest BCUT2D eigenvalue weighted by atomic mass is 9.84. The van der Waals surface area contributed by atoms with Crippen molar-refractivity contribution < 1.29 is 9.47 Å². The normalized spacial score (nSPS) is 15.4. The van der Waals surface area contributed by atoms with Gasteiger partial charge in [-0.15, -0.1) is 0 Å². The van der Waals surface area contributed by atoms with Gasteiger partial charge in [-0.25, -0.2) is 0 Å². The van der Waals surface area contributed by atoms with Gasteiger partial charge in [0.05, 0.1) is 37.0 Å². The van der Waals surface area contributed by atoms with E-state index in [0.717, 1.165) is 72.9 Å². The van der Waals surface area contributed by atoms with Crippen LogP contribution < -0.4 is 9.47 Å². The van der Waals surface area contributed by atoms with Crippen molar-refractivity contribution in [3.63, 3.8) is 0 Å². The van der Waals surface area contributed by atoms with Crippen LogP contribution in [-0.4, -0.2) is 48.7 Å². The van der Waals surface area contributed by atoms with Gasteiger partial charge in [-0.3, -0.25) is 9.98 Å². The highest BCUT2D eigenvalue weighted by Crippen LogP contribution is 2.36. The topological polar surface area (TPSA) is 74.8 Å². The number of benzene rings is 3. The molecule has 6 heteroatoms. The summed E-state index contributed by atoms with van der Waals surface area (Å²) in [5.41, 5.74) is 12.2. The van der Waals surface area contributed by atoms with E-state index in [1.807, 2.05) is 12.1 Å². The number of aromatic amines is 2. The van der Waals surface area contributed by atoms with Gasteiger partial charge in [0, 0.05) is 41.0 Å². The minimum Gasteiger partial charge on any atom is -0.497 e. The minimum absolute atomic E-state index is 0.193. The number of ether oxygens (including phenoxy) is 2. The van der Waals surface area contributed by atoms with E-state index < -0.39 is 0 Å². The van der Waals surface area contributed by atoms with Crippen molar-refractivity contribution >= 4 is 33.2 Å². The second kappa shape index (κ2) is 10.0. The van der Waals surface area contributed by atoms with Crippen LogP contribution in [0.1, 0.15) is 52.4 Å². The fourth-order valence-corrected chi connectivity index (χ4v) is 6.51. The Kier molecular flexibility index (Phi) is 6.18. The maximum absolute atomic E-state index is 5.63. The Balaban J connectivity index is 1.27. The minimum atomic E-state index is 0.193. The van der Waals surface area contributed by atoms with Crippen molar-refractivity contribution in [2.45, 2.75) is 38.5 Å². The number of methoxy groups -OCH3 is 2. The smallest absolute Gasteiger partial charge is 0.120 e. The van der Waals surface area contributed by atoms with Crippen molar-refractivity contribution in [3.05, 3.63) is 94.3 Å². The fraction of sp³-hybridized carbons (Fsp3) is 0.294. The monoisotopic (exact) mass is 530 g/mol. The number of nitrogens with zero attached hydrogens (tertiary/aromatic N) is 2. The predicted octanol–water partition coefficient (Wildman–Crippen LogP) is 6.93. The maximum atomic E-state index is 5.63. The lowest BCUT2D eigenvalue weighted by molar-refractivity contribution is 0.414. The highest BCUT2D eigenvalue weighted by atomic mass is 16.5. The molecule has 0 saturated carbocycles. The number of aromatic nitrogens is 2. The van der Waals surface area contributed by atoms with E-state index in [1.54, 1.807) is 14.2 Å². The SMILES string of the molecule is COc1cccc(C(CC2=NCCc3c2[nH]c2cc(C)ccc32)CC2=NCCc3c2[nH]c2cc(OC)ccc32)c1. The largest absolute Gasteiger partial charge is 0.497 e. The molecule has 0 fully saturated rings. The fourth-order valence-electron chi connectivity index (χ4n) is 6.51. The average Bonchev–Trinajstić information content (AvgIpc) is 3.55. The summed E-state index contributed by atoms with van der Waals surface area (Å²) >= 11 is 0. The van der Waals surface area contributed by atoms with E-state index in [1.165, 1.54) is 44.2 Å². The Morgan fingerprint density at radius 3 is 1.98 bits per heavy atom. The summed E-state index contributed by atoms with van der Waals surface area (Å²) in [5.74, 6) is 1.93. The Hall–Kier alpha value is -4.32. The molecule has 2 N–H and O–H groups in total. The molecule has 2 aliphatic rings. The Labute approximate surface area is 234 Å². The van der Waals surface area contributed by atoms with Crippen molar-refractivity contribution in [3.8, 4) is 11.5 Å². The zero-order valence-corrected chi connectivity index (χ0v) is 23.3. The summed E-state index contributed by atoms with van der Waals surface area (Å²) < 4.78 is 11.1. The molecule has 0 spiro atoms. The second-order valence-electron chi connectivity index (χ2n) is 11.0. The van der Waals surface area contributed by atoms with Crippen LogP contribution in [0, 0.1) is 6.92 Å². The van der Waals surface area contributed by atoms with Gasteiger partial charge >= 0.3 is 0 Å².